The van der Waals surface area contributed by atoms with Crippen molar-refractivity contribution >= 4 is 33.4 Å². The second-order valence-electron chi connectivity index (χ2n) is 11.3. The van der Waals surface area contributed by atoms with Gasteiger partial charge < -0.3 is 10.4 Å². The molecule has 1 heterocycles. The first-order valence-electron chi connectivity index (χ1n) is 12.6. The Morgan fingerprint density at radius 2 is 2.00 bits per heavy atom. The van der Waals surface area contributed by atoms with Crippen LogP contribution in [0.3, 0.4) is 0 Å². The van der Waals surface area contributed by atoms with E-state index >= 15 is 0 Å². The summed E-state index contributed by atoms with van der Waals surface area (Å²) in [5.41, 5.74) is 1.93. The van der Waals surface area contributed by atoms with Crippen LogP contribution in [0.2, 0.25) is 0 Å². The van der Waals surface area contributed by atoms with Crippen LogP contribution in [0.5, 0.6) is 0 Å². The zero-order chi connectivity index (χ0) is 24.6. The highest BCUT2D eigenvalue weighted by molar-refractivity contribution is 7.16. The van der Waals surface area contributed by atoms with E-state index in [1.54, 1.807) is 29.5 Å². The molecule has 1 aromatic carbocycles. The molecule has 6 rings (SSSR count). The van der Waals surface area contributed by atoms with Crippen molar-refractivity contribution in [2.75, 3.05) is 5.32 Å². The SMILES string of the molecule is C#CC1(O)CC[C@H]2[C@@H]3CC=C4c5sc(Nc6ccccc6[N+](=O)[O-])nc5CC[C@]4(C)[C@H]3CC[C@@]21C. The van der Waals surface area contributed by atoms with E-state index in [9.17, 15) is 15.2 Å². The predicted molar refractivity (Wildman–Crippen MR) is 138 cm³/mol. The van der Waals surface area contributed by atoms with Crippen LogP contribution in [-0.4, -0.2) is 20.6 Å². The Hall–Kier alpha value is -2.69. The van der Waals surface area contributed by atoms with E-state index in [1.165, 1.54) is 16.5 Å². The molecule has 1 aromatic heterocycles. The van der Waals surface area contributed by atoms with Gasteiger partial charge in [-0.15, -0.1) is 6.42 Å². The van der Waals surface area contributed by atoms with E-state index in [1.807, 2.05) is 0 Å². The third kappa shape index (κ3) is 3.09. The minimum absolute atomic E-state index is 0.0546. The molecule has 182 valence electrons. The lowest BCUT2D eigenvalue weighted by Gasteiger charge is -2.57. The van der Waals surface area contributed by atoms with Gasteiger partial charge in [-0.1, -0.05) is 49.3 Å². The summed E-state index contributed by atoms with van der Waals surface area (Å²) in [6.07, 6.45) is 15.0. The van der Waals surface area contributed by atoms with Crippen LogP contribution in [0.15, 0.2) is 30.3 Å². The first kappa shape index (κ1) is 22.8. The van der Waals surface area contributed by atoms with Gasteiger partial charge in [-0.25, -0.2) is 4.98 Å². The average molecular weight is 490 g/mol. The number of nitro groups is 1. The molecule has 2 saturated carbocycles. The number of thiazole rings is 1. The van der Waals surface area contributed by atoms with Crippen molar-refractivity contribution in [2.24, 2.45) is 28.6 Å². The Morgan fingerprint density at radius 3 is 2.77 bits per heavy atom. The van der Waals surface area contributed by atoms with Crippen molar-refractivity contribution in [3.8, 4) is 12.3 Å². The van der Waals surface area contributed by atoms with E-state index in [0.717, 1.165) is 44.2 Å². The summed E-state index contributed by atoms with van der Waals surface area (Å²) in [5.74, 6) is 4.34. The molecule has 35 heavy (non-hydrogen) atoms. The Bertz CT molecular complexity index is 1290. The van der Waals surface area contributed by atoms with Crippen LogP contribution in [0.25, 0.3) is 5.57 Å². The summed E-state index contributed by atoms with van der Waals surface area (Å²) in [4.78, 5) is 17.2. The lowest BCUT2D eigenvalue weighted by atomic mass is 9.47. The Morgan fingerprint density at radius 1 is 1.23 bits per heavy atom. The van der Waals surface area contributed by atoms with Gasteiger partial charge in [0.15, 0.2) is 5.13 Å². The number of allylic oxidation sites excluding steroid dienone is 2. The lowest BCUT2D eigenvalue weighted by molar-refractivity contribution is -0.383. The normalized spacial score (nSPS) is 37.2. The van der Waals surface area contributed by atoms with Gasteiger partial charge in [-0.05, 0) is 79.8 Å². The molecular weight excluding hydrogens is 458 g/mol. The number of nitro benzene ring substituents is 1. The molecule has 0 aliphatic heterocycles. The highest BCUT2D eigenvalue weighted by Gasteiger charge is 2.63. The molecule has 2 N–H and O–H groups in total. The molecule has 0 saturated heterocycles. The van der Waals surface area contributed by atoms with Crippen molar-refractivity contribution in [1.29, 1.82) is 0 Å². The van der Waals surface area contributed by atoms with Crippen LogP contribution in [0, 0.1) is 51.0 Å². The van der Waals surface area contributed by atoms with Gasteiger partial charge in [0.2, 0.25) is 0 Å². The fourth-order valence-corrected chi connectivity index (χ4v) is 9.24. The van der Waals surface area contributed by atoms with Crippen molar-refractivity contribution in [3.63, 3.8) is 0 Å². The van der Waals surface area contributed by atoms with Crippen molar-refractivity contribution in [3.05, 3.63) is 51.0 Å². The summed E-state index contributed by atoms with van der Waals surface area (Å²) in [5, 5.41) is 26.6. The Labute approximate surface area is 210 Å². The summed E-state index contributed by atoms with van der Waals surface area (Å²) < 4.78 is 0. The van der Waals surface area contributed by atoms with Crippen molar-refractivity contribution in [1.82, 2.24) is 4.98 Å². The van der Waals surface area contributed by atoms with E-state index in [2.05, 4.69) is 31.2 Å². The minimum Gasteiger partial charge on any atom is -0.377 e. The molecule has 6 nitrogen and oxygen atoms in total. The van der Waals surface area contributed by atoms with Crippen LogP contribution in [0.1, 0.15) is 62.9 Å². The molecule has 0 spiro atoms. The number of aryl methyl sites for hydroxylation is 1. The number of nitrogens with zero attached hydrogens (tertiary/aromatic N) is 2. The number of benzene rings is 1. The number of fused-ring (bicyclic) bond motifs is 7. The summed E-state index contributed by atoms with van der Waals surface area (Å²) in [6.45, 7) is 4.66. The number of rotatable bonds is 3. The number of anilines is 2. The van der Waals surface area contributed by atoms with E-state index in [0.29, 0.717) is 35.0 Å². The highest BCUT2D eigenvalue weighted by atomic mass is 32.1. The maximum Gasteiger partial charge on any atom is 0.292 e. The van der Waals surface area contributed by atoms with Gasteiger partial charge in [-0.3, -0.25) is 10.1 Å². The predicted octanol–water partition coefficient (Wildman–Crippen LogP) is 6.34. The zero-order valence-electron chi connectivity index (χ0n) is 20.2. The monoisotopic (exact) mass is 489 g/mol. The molecule has 4 aliphatic carbocycles. The summed E-state index contributed by atoms with van der Waals surface area (Å²) >= 11 is 1.62. The first-order valence-corrected chi connectivity index (χ1v) is 13.4. The number of hydrogen-bond acceptors (Lipinski definition) is 6. The molecule has 2 fully saturated rings. The number of aliphatic hydroxyl groups is 1. The van der Waals surface area contributed by atoms with Gasteiger partial charge in [-0.2, -0.15) is 0 Å². The molecule has 0 amide bonds. The lowest BCUT2D eigenvalue weighted by Crippen LogP contribution is -2.53. The third-order valence-electron chi connectivity index (χ3n) is 10.0. The van der Waals surface area contributed by atoms with Gasteiger partial charge in [0.1, 0.15) is 11.3 Å². The zero-order valence-corrected chi connectivity index (χ0v) is 21.0. The maximum absolute atomic E-state index is 11.4. The van der Waals surface area contributed by atoms with E-state index in [4.69, 9.17) is 11.4 Å². The topological polar surface area (TPSA) is 88.3 Å². The smallest absolute Gasteiger partial charge is 0.292 e. The maximum atomic E-state index is 11.4. The molecule has 0 radical (unpaired) electrons. The largest absolute Gasteiger partial charge is 0.377 e. The van der Waals surface area contributed by atoms with Gasteiger partial charge >= 0.3 is 0 Å². The Balaban J connectivity index is 1.33. The minimum atomic E-state index is -0.981. The average Bonchev–Trinajstić information content (AvgIpc) is 3.37. The molecule has 6 atom stereocenters. The summed E-state index contributed by atoms with van der Waals surface area (Å²) in [6, 6.07) is 6.71. The van der Waals surface area contributed by atoms with Crippen LogP contribution >= 0.6 is 11.3 Å². The fraction of sp³-hybridized carbons (Fsp3) is 0.536. The first-order chi connectivity index (χ1) is 16.7. The quantitative estimate of drug-likeness (QED) is 0.298. The Kier molecular flexibility index (Phi) is 4.97. The van der Waals surface area contributed by atoms with Crippen LogP contribution in [0.4, 0.5) is 16.5 Å². The molecule has 0 bridgehead atoms. The standard InChI is InChI=1S/C28H31N3O3S/c1-4-28(32)16-12-19-17-9-10-20-24-22(13-14-26(20,2)18(17)11-15-27(19,28)3)30-25(35-24)29-21-7-5-6-8-23(21)31(33)34/h1,5-8,10,17-19,32H,9,11-16H2,2-3H3,(H,29,30)/t17-,18+,19+,26-,27+,28?/m1/s1. The van der Waals surface area contributed by atoms with Gasteiger partial charge in [0.25, 0.3) is 5.69 Å². The van der Waals surface area contributed by atoms with E-state index in [-0.39, 0.29) is 21.4 Å². The number of aromatic nitrogens is 1. The van der Waals surface area contributed by atoms with Gasteiger partial charge in [0, 0.05) is 11.5 Å². The van der Waals surface area contributed by atoms with Crippen LogP contribution in [-0.2, 0) is 6.42 Å². The molecule has 1 unspecified atom stereocenters. The summed E-state index contributed by atoms with van der Waals surface area (Å²) in [7, 11) is 0. The molecule has 4 aliphatic rings. The second-order valence-corrected chi connectivity index (χ2v) is 12.3. The number of para-hydroxylation sites is 2. The fourth-order valence-electron chi connectivity index (χ4n) is 8.04. The molecule has 2 aromatic rings. The van der Waals surface area contributed by atoms with Crippen molar-refractivity contribution in [2.45, 2.75) is 64.4 Å². The highest BCUT2D eigenvalue weighted by Crippen LogP contribution is 2.68. The molecular formula is C28H31N3O3S. The van der Waals surface area contributed by atoms with Crippen molar-refractivity contribution < 1.29 is 10.0 Å². The number of nitrogens with one attached hydrogen (secondary N) is 1. The van der Waals surface area contributed by atoms with E-state index < -0.39 is 5.60 Å². The van der Waals surface area contributed by atoms with Crippen LogP contribution < -0.4 is 5.32 Å². The number of terminal acetylenes is 1. The third-order valence-corrected chi connectivity index (χ3v) is 11.1. The van der Waals surface area contributed by atoms with Gasteiger partial charge in [0.05, 0.1) is 15.5 Å². The number of hydrogen-bond donors (Lipinski definition) is 2. The second kappa shape index (κ2) is 7.65. The molecule has 7 heteroatoms.